The molecule has 0 aliphatic heterocycles. The Morgan fingerprint density at radius 3 is 2.79 bits per heavy atom. The average molecular weight is 302 g/mol. The fraction of sp³-hybridized carbons (Fsp3) is 0. The Bertz CT molecular complexity index is 726. The molecule has 0 aliphatic carbocycles. The highest BCUT2D eigenvalue weighted by Crippen LogP contribution is 2.23. The second kappa shape index (κ2) is 4.90. The van der Waals surface area contributed by atoms with E-state index in [1.165, 1.54) is 18.5 Å². The number of carboxylic acids is 1. The Morgan fingerprint density at radius 1 is 1.47 bits per heavy atom. The van der Waals surface area contributed by atoms with Crippen LogP contribution in [0.3, 0.4) is 0 Å². The van der Waals surface area contributed by atoms with Crippen molar-refractivity contribution in [3.8, 4) is 0 Å². The first-order valence-electron chi connectivity index (χ1n) is 4.94. The van der Waals surface area contributed by atoms with Gasteiger partial charge in [0.15, 0.2) is 0 Å². The van der Waals surface area contributed by atoms with Crippen molar-refractivity contribution in [2.75, 3.05) is 4.72 Å². The molecule has 7 nitrogen and oxygen atoms in total. The van der Waals surface area contributed by atoms with E-state index in [0.29, 0.717) is 0 Å². The largest absolute Gasteiger partial charge is 0.477 e. The fourth-order valence-electron chi connectivity index (χ4n) is 1.31. The summed E-state index contributed by atoms with van der Waals surface area (Å²) in [7, 11) is -3.92. The number of anilines is 1. The van der Waals surface area contributed by atoms with Crippen LogP contribution < -0.4 is 4.72 Å². The van der Waals surface area contributed by atoms with Gasteiger partial charge < -0.3 is 10.1 Å². The molecule has 0 spiro atoms. The molecule has 0 amide bonds. The van der Waals surface area contributed by atoms with Gasteiger partial charge >= 0.3 is 5.97 Å². The highest BCUT2D eigenvalue weighted by atomic mass is 35.5. The summed E-state index contributed by atoms with van der Waals surface area (Å²) in [6.45, 7) is 0. The minimum atomic E-state index is -3.92. The van der Waals surface area contributed by atoms with E-state index in [-0.39, 0.29) is 21.3 Å². The maximum absolute atomic E-state index is 12.0. The molecule has 3 N–H and O–H groups in total. The lowest BCUT2D eigenvalue weighted by molar-refractivity contribution is 0.0691. The third-order valence-electron chi connectivity index (χ3n) is 2.21. The number of aromatic amines is 1. The van der Waals surface area contributed by atoms with Crippen LogP contribution in [-0.4, -0.2) is 29.5 Å². The summed E-state index contributed by atoms with van der Waals surface area (Å²) in [6, 6.07) is 2.44. The van der Waals surface area contributed by atoms with E-state index in [4.69, 9.17) is 16.7 Å². The summed E-state index contributed by atoms with van der Waals surface area (Å²) in [5.74, 6) is -1.25. The molecule has 2 aromatic heterocycles. The van der Waals surface area contributed by atoms with Crippen LogP contribution in [0, 0.1) is 0 Å². The van der Waals surface area contributed by atoms with Crippen molar-refractivity contribution in [2.45, 2.75) is 4.90 Å². The summed E-state index contributed by atoms with van der Waals surface area (Å²) < 4.78 is 26.2. The Hall–Kier alpha value is -2.06. The summed E-state index contributed by atoms with van der Waals surface area (Å²) in [5.41, 5.74) is -0.111. The first-order chi connectivity index (χ1) is 8.90. The van der Waals surface area contributed by atoms with Gasteiger partial charge in [-0.05, 0) is 12.1 Å². The SMILES string of the molecule is O=C(O)c1cc(S(=O)(=O)Nc2cnccc2Cl)c[nH]1. The number of sulfonamides is 1. The van der Waals surface area contributed by atoms with Gasteiger partial charge in [0, 0.05) is 12.4 Å². The molecule has 0 aromatic carbocycles. The van der Waals surface area contributed by atoms with Crippen molar-refractivity contribution in [3.05, 3.63) is 41.4 Å². The van der Waals surface area contributed by atoms with E-state index in [9.17, 15) is 13.2 Å². The standard InChI is InChI=1S/C10H8ClN3O4S/c11-7-1-2-12-5-9(7)14-19(17,18)6-3-8(10(15)16)13-4-6/h1-5,13-14H,(H,15,16). The second-order valence-corrected chi connectivity index (χ2v) is 5.60. The zero-order valence-corrected chi connectivity index (χ0v) is 10.9. The van der Waals surface area contributed by atoms with E-state index >= 15 is 0 Å². The molecule has 0 aliphatic rings. The van der Waals surface area contributed by atoms with Gasteiger partial charge in [0.1, 0.15) is 10.6 Å². The normalized spacial score (nSPS) is 11.2. The van der Waals surface area contributed by atoms with Crippen LogP contribution in [0.15, 0.2) is 35.6 Å². The Balaban J connectivity index is 2.32. The van der Waals surface area contributed by atoms with Gasteiger partial charge in [0.2, 0.25) is 0 Å². The molecule has 0 saturated heterocycles. The molecule has 100 valence electrons. The zero-order chi connectivity index (χ0) is 14.0. The number of nitrogens with one attached hydrogen (secondary N) is 2. The first-order valence-corrected chi connectivity index (χ1v) is 6.80. The van der Waals surface area contributed by atoms with Crippen molar-refractivity contribution in [3.63, 3.8) is 0 Å². The average Bonchev–Trinajstić information content (AvgIpc) is 2.82. The zero-order valence-electron chi connectivity index (χ0n) is 9.29. The monoisotopic (exact) mass is 301 g/mol. The van der Waals surface area contributed by atoms with Gasteiger partial charge in [-0.3, -0.25) is 9.71 Å². The number of aromatic nitrogens is 2. The maximum Gasteiger partial charge on any atom is 0.352 e. The Morgan fingerprint density at radius 2 is 2.21 bits per heavy atom. The number of halogens is 1. The van der Waals surface area contributed by atoms with Crippen LogP contribution >= 0.6 is 11.6 Å². The van der Waals surface area contributed by atoms with Crippen molar-refractivity contribution in [1.82, 2.24) is 9.97 Å². The molecular formula is C10H8ClN3O4S. The molecule has 2 rings (SSSR count). The molecule has 0 unspecified atom stereocenters. The van der Waals surface area contributed by atoms with E-state index in [1.807, 2.05) is 0 Å². The van der Waals surface area contributed by atoms with Crippen LogP contribution in [-0.2, 0) is 10.0 Å². The molecule has 0 fully saturated rings. The van der Waals surface area contributed by atoms with Gasteiger partial charge in [-0.15, -0.1) is 0 Å². The summed E-state index contributed by atoms with van der Waals surface area (Å²) in [5, 5.41) is 8.91. The van der Waals surface area contributed by atoms with Crippen molar-refractivity contribution in [1.29, 1.82) is 0 Å². The van der Waals surface area contributed by atoms with Gasteiger partial charge in [-0.2, -0.15) is 0 Å². The Kier molecular flexibility index (Phi) is 3.45. The molecule has 2 heterocycles. The lowest BCUT2D eigenvalue weighted by atomic mass is 10.4. The molecule has 2 aromatic rings. The summed E-state index contributed by atoms with van der Waals surface area (Å²) in [4.78, 5) is 16.6. The topological polar surface area (TPSA) is 112 Å². The van der Waals surface area contributed by atoms with Crippen molar-refractivity contribution < 1.29 is 18.3 Å². The van der Waals surface area contributed by atoms with Crippen LogP contribution in [0.5, 0.6) is 0 Å². The van der Waals surface area contributed by atoms with Crippen LogP contribution in [0.2, 0.25) is 5.02 Å². The number of hydrogen-bond acceptors (Lipinski definition) is 4. The highest BCUT2D eigenvalue weighted by molar-refractivity contribution is 7.92. The third kappa shape index (κ3) is 2.85. The van der Waals surface area contributed by atoms with Gasteiger partial charge in [0.25, 0.3) is 10.0 Å². The number of nitrogens with zero attached hydrogens (tertiary/aromatic N) is 1. The van der Waals surface area contributed by atoms with Crippen LogP contribution in [0.25, 0.3) is 0 Å². The van der Waals surface area contributed by atoms with E-state index in [2.05, 4.69) is 14.7 Å². The smallest absolute Gasteiger partial charge is 0.352 e. The molecule has 0 radical (unpaired) electrons. The number of aromatic carboxylic acids is 1. The van der Waals surface area contributed by atoms with Gasteiger partial charge in [-0.1, -0.05) is 11.6 Å². The van der Waals surface area contributed by atoms with Crippen LogP contribution in [0.4, 0.5) is 5.69 Å². The first kappa shape index (κ1) is 13.4. The van der Waals surface area contributed by atoms with E-state index in [0.717, 1.165) is 12.3 Å². The molecule has 0 saturated carbocycles. The predicted octanol–water partition coefficient (Wildman–Crippen LogP) is 1.56. The third-order valence-corrected chi connectivity index (χ3v) is 3.88. The van der Waals surface area contributed by atoms with Gasteiger partial charge in [-0.25, -0.2) is 13.2 Å². The lowest BCUT2D eigenvalue weighted by Crippen LogP contribution is -2.12. The maximum atomic E-state index is 12.0. The minimum Gasteiger partial charge on any atom is -0.477 e. The number of H-pyrrole nitrogens is 1. The number of carbonyl (C=O) groups is 1. The summed E-state index contributed by atoms with van der Waals surface area (Å²) in [6.07, 6.45) is 3.75. The predicted molar refractivity (Wildman–Crippen MR) is 67.8 cm³/mol. The highest BCUT2D eigenvalue weighted by Gasteiger charge is 2.19. The fourth-order valence-corrected chi connectivity index (χ4v) is 2.57. The minimum absolute atomic E-state index is 0.113. The van der Waals surface area contributed by atoms with E-state index < -0.39 is 16.0 Å². The molecule has 19 heavy (non-hydrogen) atoms. The number of pyridine rings is 1. The quantitative estimate of drug-likeness (QED) is 0.793. The number of hydrogen-bond donors (Lipinski definition) is 3. The molecule has 0 atom stereocenters. The summed E-state index contributed by atoms with van der Waals surface area (Å²) >= 11 is 5.80. The second-order valence-electron chi connectivity index (χ2n) is 3.52. The van der Waals surface area contributed by atoms with Crippen LogP contribution in [0.1, 0.15) is 10.5 Å². The number of carboxylic acid groups (broad SMARTS) is 1. The van der Waals surface area contributed by atoms with E-state index in [1.54, 1.807) is 0 Å². The Labute approximate surface area is 113 Å². The molecule has 0 bridgehead atoms. The van der Waals surface area contributed by atoms with Crippen molar-refractivity contribution >= 4 is 33.3 Å². The lowest BCUT2D eigenvalue weighted by Gasteiger charge is -2.06. The number of rotatable bonds is 4. The van der Waals surface area contributed by atoms with Crippen molar-refractivity contribution in [2.24, 2.45) is 0 Å². The molecular weight excluding hydrogens is 294 g/mol. The molecule has 9 heteroatoms. The van der Waals surface area contributed by atoms with Gasteiger partial charge in [0.05, 0.1) is 16.9 Å².